The van der Waals surface area contributed by atoms with E-state index in [4.69, 9.17) is 5.11 Å². The van der Waals surface area contributed by atoms with E-state index in [1.165, 1.54) is 17.0 Å². The Labute approximate surface area is 108 Å². The van der Waals surface area contributed by atoms with Gasteiger partial charge in [0.1, 0.15) is 11.6 Å². The van der Waals surface area contributed by atoms with Crippen LogP contribution in [-0.4, -0.2) is 18.1 Å². The molecule has 2 aromatic carbocycles. The maximum atomic E-state index is 13.6. The lowest BCUT2D eigenvalue weighted by molar-refractivity contribution is 0.0697. The van der Waals surface area contributed by atoms with Crippen molar-refractivity contribution >= 4 is 17.3 Å². The Kier molecular flexibility index (Phi) is 3.46. The summed E-state index contributed by atoms with van der Waals surface area (Å²) in [4.78, 5) is 12.3. The summed E-state index contributed by atoms with van der Waals surface area (Å²) in [6.07, 6.45) is 0. The number of hydrogen-bond acceptors (Lipinski definition) is 2. The number of rotatable bonds is 3. The van der Waals surface area contributed by atoms with Gasteiger partial charge in [0.05, 0.1) is 11.3 Å². The molecule has 0 fully saturated rings. The number of benzene rings is 2. The van der Waals surface area contributed by atoms with Gasteiger partial charge >= 0.3 is 5.97 Å². The molecule has 0 heterocycles. The summed E-state index contributed by atoms with van der Waals surface area (Å²) in [7, 11) is 1.54. The highest BCUT2D eigenvalue weighted by Gasteiger charge is 2.12. The molecule has 3 nitrogen and oxygen atoms in total. The third kappa shape index (κ3) is 2.70. The Bertz CT molecular complexity index is 629. The molecule has 0 radical (unpaired) electrons. The van der Waals surface area contributed by atoms with Crippen LogP contribution in [0.4, 0.5) is 20.2 Å². The first-order valence-corrected chi connectivity index (χ1v) is 5.51. The quantitative estimate of drug-likeness (QED) is 0.922. The molecule has 0 atom stereocenters. The third-order valence-corrected chi connectivity index (χ3v) is 2.75. The van der Waals surface area contributed by atoms with Gasteiger partial charge in [-0.3, -0.25) is 0 Å². The molecule has 0 spiro atoms. The van der Waals surface area contributed by atoms with Gasteiger partial charge < -0.3 is 10.0 Å². The van der Waals surface area contributed by atoms with Crippen LogP contribution in [0.25, 0.3) is 0 Å². The fraction of sp³-hybridized carbons (Fsp3) is 0.0714. The van der Waals surface area contributed by atoms with Gasteiger partial charge in [-0.05, 0) is 30.3 Å². The molecule has 2 aromatic rings. The molecule has 0 amide bonds. The number of anilines is 2. The van der Waals surface area contributed by atoms with Crippen molar-refractivity contribution in [3.05, 3.63) is 59.7 Å². The Hall–Kier alpha value is -2.43. The van der Waals surface area contributed by atoms with Gasteiger partial charge in [0, 0.05) is 18.8 Å². The maximum Gasteiger partial charge on any atom is 0.335 e. The van der Waals surface area contributed by atoms with Gasteiger partial charge in [-0.2, -0.15) is 0 Å². The lowest BCUT2D eigenvalue weighted by Gasteiger charge is -2.20. The van der Waals surface area contributed by atoms with E-state index in [2.05, 4.69) is 0 Å². The largest absolute Gasteiger partial charge is 0.478 e. The zero-order valence-corrected chi connectivity index (χ0v) is 10.1. The van der Waals surface area contributed by atoms with E-state index in [1.54, 1.807) is 19.2 Å². The zero-order valence-electron chi connectivity index (χ0n) is 10.1. The molecule has 98 valence electrons. The normalized spacial score (nSPS) is 10.3. The van der Waals surface area contributed by atoms with Crippen LogP contribution < -0.4 is 4.90 Å². The summed E-state index contributed by atoms with van der Waals surface area (Å²) < 4.78 is 26.8. The van der Waals surface area contributed by atoms with Crippen LogP contribution >= 0.6 is 0 Å². The summed E-state index contributed by atoms with van der Waals surface area (Å²) in [6.45, 7) is 0. The number of nitrogens with zero attached hydrogens (tertiary/aromatic N) is 1. The minimum atomic E-state index is -1.07. The molecule has 0 aliphatic heterocycles. The second-order valence-corrected chi connectivity index (χ2v) is 4.01. The molecule has 1 N–H and O–H groups in total. The lowest BCUT2D eigenvalue weighted by Crippen LogP contribution is -2.12. The number of halogens is 2. The maximum absolute atomic E-state index is 13.6. The van der Waals surface area contributed by atoms with Crippen LogP contribution in [0.2, 0.25) is 0 Å². The summed E-state index contributed by atoms with van der Waals surface area (Å²) in [5.74, 6) is -2.21. The molecule has 0 saturated heterocycles. The topological polar surface area (TPSA) is 40.5 Å². The second kappa shape index (κ2) is 5.06. The van der Waals surface area contributed by atoms with E-state index >= 15 is 0 Å². The molecule has 0 aromatic heterocycles. The number of aromatic carboxylic acids is 1. The second-order valence-electron chi connectivity index (χ2n) is 4.01. The number of carboxylic acid groups (broad SMARTS) is 1. The first-order chi connectivity index (χ1) is 8.99. The molecular weight excluding hydrogens is 252 g/mol. The molecular formula is C14H11F2NO2. The van der Waals surface area contributed by atoms with Crippen molar-refractivity contribution in [1.29, 1.82) is 0 Å². The number of hydrogen-bond donors (Lipinski definition) is 1. The van der Waals surface area contributed by atoms with Gasteiger partial charge in [-0.1, -0.05) is 6.07 Å². The van der Waals surface area contributed by atoms with Crippen LogP contribution in [0.1, 0.15) is 10.4 Å². The summed E-state index contributed by atoms with van der Waals surface area (Å²) in [5.41, 5.74) is 0.591. The van der Waals surface area contributed by atoms with Crippen molar-refractivity contribution in [2.45, 2.75) is 0 Å². The van der Waals surface area contributed by atoms with Crippen LogP contribution in [0.15, 0.2) is 42.5 Å². The Morgan fingerprint density at radius 3 is 2.58 bits per heavy atom. The predicted molar refractivity (Wildman–Crippen MR) is 67.8 cm³/mol. The monoisotopic (exact) mass is 263 g/mol. The highest BCUT2D eigenvalue weighted by atomic mass is 19.1. The fourth-order valence-corrected chi connectivity index (χ4v) is 1.73. The Balaban J connectivity index is 2.43. The number of carbonyl (C=O) groups is 1. The standard InChI is InChI=1S/C14H11F2NO2/c1-17(13-8-10(15)5-6-12(13)16)11-4-2-3-9(7-11)14(18)19/h2-8H,1H3,(H,18,19). The highest BCUT2D eigenvalue weighted by molar-refractivity contribution is 5.89. The summed E-state index contributed by atoms with van der Waals surface area (Å²) >= 11 is 0. The summed E-state index contributed by atoms with van der Waals surface area (Å²) in [5, 5.41) is 8.91. The van der Waals surface area contributed by atoms with Crippen LogP contribution in [-0.2, 0) is 0 Å². The van der Waals surface area contributed by atoms with Crippen molar-refractivity contribution in [1.82, 2.24) is 0 Å². The molecule has 2 rings (SSSR count). The van der Waals surface area contributed by atoms with Crippen molar-refractivity contribution in [2.24, 2.45) is 0 Å². The predicted octanol–water partition coefficient (Wildman–Crippen LogP) is 3.43. The van der Waals surface area contributed by atoms with E-state index < -0.39 is 17.6 Å². The van der Waals surface area contributed by atoms with Crippen molar-refractivity contribution in [3.8, 4) is 0 Å². The smallest absolute Gasteiger partial charge is 0.335 e. The number of carboxylic acids is 1. The van der Waals surface area contributed by atoms with Crippen molar-refractivity contribution in [2.75, 3.05) is 11.9 Å². The van der Waals surface area contributed by atoms with Crippen LogP contribution in [0, 0.1) is 11.6 Å². The van der Waals surface area contributed by atoms with Gasteiger partial charge in [-0.15, -0.1) is 0 Å². The molecule has 0 aliphatic carbocycles. The first-order valence-electron chi connectivity index (χ1n) is 5.51. The van der Waals surface area contributed by atoms with E-state index in [0.29, 0.717) is 5.69 Å². The Morgan fingerprint density at radius 1 is 1.16 bits per heavy atom. The minimum absolute atomic E-state index is 0.0440. The van der Waals surface area contributed by atoms with Crippen molar-refractivity contribution in [3.63, 3.8) is 0 Å². The molecule has 5 heteroatoms. The van der Waals surface area contributed by atoms with E-state index in [0.717, 1.165) is 18.2 Å². The highest BCUT2D eigenvalue weighted by Crippen LogP contribution is 2.27. The molecule has 0 aliphatic rings. The van der Waals surface area contributed by atoms with Crippen molar-refractivity contribution < 1.29 is 18.7 Å². The molecule has 0 unspecified atom stereocenters. The molecule has 0 saturated carbocycles. The van der Waals surface area contributed by atoms with Gasteiger partial charge in [-0.25, -0.2) is 13.6 Å². The first kappa shape index (κ1) is 13.0. The van der Waals surface area contributed by atoms with E-state index in [1.807, 2.05) is 0 Å². The van der Waals surface area contributed by atoms with Gasteiger partial charge in [0.15, 0.2) is 0 Å². The Morgan fingerprint density at radius 2 is 1.89 bits per heavy atom. The van der Waals surface area contributed by atoms with E-state index in [9.17, 15) is 13.6 Å². The minimum Gasteiger partial charge on any atom is -0.478 e. The van der Waals surface area contributed by atoms with Crippen LogP contribution in [0.3, 0.4) is 0 Å². The summed E-state index contributed by atoms with van der Waals surface area (Å²) in [6, 6.07) is 9.11. The van der Waals surface area contributed by atoms with E-state index in [-0.39, 0.29) is 11.3 Å². The zero-order chi connectivity index (χ0) is 14.0. The molecule has 19 heavy (non-hydrogen) atoms. The fourth-order valence-electron chi connectivity index (χ4n) is 1.73. The lowest BCUT2D eigenvalue weighted by atomic mass is 10.1. The SMILES string of the molecule is CN(c1cccc(C(=O)O)c1)c1cc(F)ccc1F. The van der Waals surface area contributed by atoms with Gasteiger partial charge in [0.25, 0.3) is 0 Å². The average molecular weight is 263 g/mol. The molecule has 0 bridgehead atoms. The third-order valence-electron chi connectivity index (χ3n) is 2.75. The van der Waals surface area contributed by atoms with Gasteiger partial charge in [0.2, 0.25) is 0 Å². The average Bonchev–Trinajstić information content (AvgIpc) is 2.41. The van der Waals surface area contributed by atoms with Crippen LogP contribution in [0.5, 0.6) is 0 Å².